The summed E-state index contributed by atoms with van der Waals surface area (Å²) in [6.07, 6.45) is 1.93. The lowest BCUT2D eigenvalue weighted by atomic mass is 9.99. The number of benzene rings is 3. The van der Waals surface area contributed by atoms with E-state index in [1.165, 1.54) is 15.6 Å². The first-order valence-corrected chi connectivity index (χ1v) is 12.6. The van der Waals surface area contributed by atoms with Crippen LogP contribution in [0.25, 0.3) is 10.1 Å². The third-order valence-electron chi connectivity index (χ3n) is 5.56. The van der Waals surface area contributed by atoms with E-state index in [-0.39, 0.29) is 0 Å². The van der Waals surface area contributed by atoms with Crippen LogP contribution in [0.4, 0.5) is 10.7 Å². The third-order valence-corrected chi connectivity index (χ3v) is 7.86. The SMILES string of the molecule is Cc1c(N(c2ccccc2CCCc2ccccc2C(=O)O)S(=O)O)sc2ccc(Cl)cc12. The summed E-state index contributed by atoms with van der Waals surface area (Å²) >= 11 is 5.34. The quantitative estimate of drug-likeness (QED) is 0.255. The molecule has 0 radical (unpaired) electrons. The summed E-state index contributed by atoms with van der Waals surface area (Å²) in [6.45, 7) is 1.93. The van der Waals surface area contributed by atoms with Crippen LogP contribution in [0.15, 0.2) is 66.7 Å². The topological polar surface area (TPSA) is 77.8 Å². The summed E-state index contributed by atoms with van der Waals surface area (Å²) in [5, 5.41) is 11.7. The van der Waals surface area contributed by atoms with E-state index in [0.717, 1.165) is 26.8 Å². The molecular weight excluding hydrogens is 478 g/mol. The minimum absolute atomic E-state index is 0.309. The zero-order valence-corrected chi connectivity index (χ0v) is 20.2. The van der Waals surface area contributed by atoms with Crippen LogP contribution >= 0.6 is 22.9 Å². The van der Waals surface area contributed by atoms with Gasteiger partial charge in [0.1, 0.15) is 5.00 Å². The Morgan fingerprint density at radius 1 is 1.03 bits per heavy atom. The maximum absolute atomic E-state index is 12.5. The zero-order chi connectivity index (χ0) is 23.5. The lowest BCUT2D eigenvalue weighted by Crippen LogP contribution is -2.20. The van der Waals surface area contributed by atoms with Crippen LogP contribution in [0.1, 0.15) is 33.5 Å². The number of fused-ring (bicyclic) bond motifs is 1. The van der Waals surface area contributed by atoms with Crippen LogP contribution < -0.4 is 4.31 Å². The fourth-order valence-electron chi connectivity index (χ4n) is 3.97. The normalized spacial score (nSPS) is 12.1. The second kappa shape index (κ2) is 10.1. The first kappa shape index (κ1) is 23.4. The van der Waals surface area contributed by atoms with E-state index in [0.29, 0.717) is 40.5 Å². The number of hydrogen-bond acceptors (Lipinski definition) is 3. The number of carboxylic acid groups (broad SMARTS) is 1. The number of halogens is 1. The molecule has 4 aromatic rings. The van der Waals surface area contributed by atoms with Crippen molar-refractivity contribution in [2.45, 2.75) is 26.2 Å². The van der Waals surface area contributed by atoms with Gasteiger partial charge in [-0.05, 0) is 78.6 Å². The van der Waals surface area contributed by atoms with Crippen molar-refractivity contribution < 1.29 is 18.7 Å². The van der Waals surface area contributed by atoms with E-state index in [2.05, 4.69) is 0 Å². The van der Waals surface area contributed by atoms with Gasteiger partial charge in [0, 0.05) is 9.72 Å². The number of aryl methyl sites for hydroxylation is 3. The number of hydrogen-bond donors (Lipinski definition) is 2. The van der Waals surface area contributed by atoms with Crippen molar-refractivity contribution in [1.82, 2.24) is 0 Å². The highest BCUT2D eigenvalue weighted by atomic mass is 35.5. The van der Waals surface area contributed by atoms with Gasteiger partial charge in [-0.25, -0.2) is 13.3 Å². The van der Waals surface area contributed by atoms with Gasteiger partial charge in [0.25, 0.3) is 11.3 Å². The Morgan fingerprint density at radius 3 is 2.42 bits per heavy atom. The molecule has 0 fully saturated rings. The van der Waals surface area contributed by atoms with E-state index in [1.807, 2.05) is 61.5 Å². The van der Waals surface area contributed by atoms with Crippen molar-refractivity contribution >= 4 is 60.9 Å². The van der Waals surface area contributed by atoms with Crippen molar-refractivity contribution in [3.8, 4) is 0 Å². The molecule has 0 spiro atoms. The number of para-hydroxylation sites is 1. The molecule has 170 valence electrons. The largest absolute Gasteiger partial charge is 0.478 e. The molecule has 1 atom stereocenters. The Hall–Kier alpha value is -2.71. The summed E-state index contributed by atoms with van der Waals surface area (Å²) in [5.41, 5.74) is 3.56. The van der Waals surface area contributed by atoms with Gasteiger partial charge in [-0.2, -0.15) is 0 Å². The first-order valence-electron chi connectivity index (χ1n) is 10.4. The molecular formula is C25H22ClNO4S2. The average molecular weight is 500 g/mol. The number of thiophene rings is 1. The van der Waals surface area contributed by atoms with Crippen LogP contribution in [-0.4, -0.2) is 19.8 Å². The van der Waals surface area contributed by atoms with Crippen molar-refractivity contribution in [3.63, 3.8) is 0 Å². The van der Waals surface area contributed by atoms with E-state index < -0.39 is 17.2 Å². The Kier molecular flexibility index (Phi) is 7.14. The van der Waals surface area contributed by atoms with Crippen LogP contribution in [0.3, 0.4) is 0 Å². The molecule has 33 heavy (non-hydrogen) atoms. The maximum atomic E-state index is 12.5. The number of aromatic carboxylic acids is 1. The molecule has 4 rings (SSSR count). The Bertz CT molecular complexity index is 1350. The fourth-order valence-corrected chi connectivity index (χ4v) is 6.19. The predicted octanol–water partition coefficient (Wildman–Crippen LogP) is 7.01. The summed E-state index contributed by atoms with van der Waals surface area (Å²) in [4.78, 5) is 11.5. The van der Waals surface area contributed by atoms with Crippen LogP contribution in [0, 0.1) is 6.92 Å². The number of rotatable bonds is 8. The molecule has 5 nitrogen and oxygen atoms in total. The lowest BCUT2D eigenvalue weighted by Gasteiger charge is -2.22. The van der Waals surface area contributed by atoms with Gasteiger partial charge >= 0.3 is 5.97 Å². The summed E-state index contributed by atoms with van der Waals surface area (Å²) in [6, 6.07) is 20.1. The van der Waals surface area contributed by atoms with Gasteiger partial charge < -0.3 is 5.11 Å². The molecule has 2 N–H and O–H groups in total. The van der Waals surface area contributed by atoms with Gasteiger partial charge in [-0.15, -0.1) is 11.3 Å². The van der Waals surface area contributed by atoms with Gasteiger partial charge in [-0.3, -0.25) is 4.55 Å². The molecule has 1 aromatic heterocycles. The highest BCUT2D eigenvalue weighted by Gasteiger charge is 2.23. The van der Waals surface area contributed by atoms with Crippen molar-refractivity contribution in [2.24, 2.45) is 0 Å². The fraction of sp³-hybridized carbons (Fsp3) is 0.160. The number of carboxylic acids is 1. The number of nitrogens with zero attached hydrogens (tertiary/aromatic N) is 1. The van der Waals surface area contributed by atoms with E-state index in [4.69, 9.17) is 11.6 Å². The van der Waals surface area contributed by atoms with E-state index in [1.54, 1.807) is 12.1 Å². The highest BCUT2D eigenvalue weighted by Crippen LogP contribution is 2.43. The molecule has 0 aliphatic rings. The highest BCUT2D eigenvalue weighted by molar-refractivity contribution is 7.81. The lowest BCUT2D eigenvalue weighted by molar-refractivity contribution is 0.0695. The second-order valence-corrected chi connectivity index (χ2v) is 9.94. The second-order valence-electron chi connectivity index (χ2n) is 7.64. The van der Waals surface area contributed by atoms with E-state index in [9.17, 15) is 18.7 Å². The van der Waals surface area contributed by atoms with Gasteiger partial charge in [-0.1, -0.05) is 48.0 Å². The van der Waals surface area contributed by atoms with Crippen molar-refractivity contribution in [1.29, 1.82) is 0 Å². The van der Waals surface area contributed by atoms with Gasteiger partial charge in [0.2, 0.25) is 0 Å². The molecule has 0 amide bonds. The van der Waals surface area contributed by atoms with Gasteiger partial charge in [0.05, 0.1) is 11.3 Å². The molecule has 0 bridgehead atoms. The molecule has 3 aromatic carbocycles. The molecule has 0 aliphatic carbocycles. The minimum Gasteiger partial charge on any atom is -0.478 e. The van der Waals surface area contributed by atoms with Gasteiger partial charge in [0.15, 0.2) is 0 Å². The van der Waals surface area contributed by atoms with E-state index >= 15 is 0 Å². The molecule has 0 aliphatic heterocycles. The van der Waals surface area contributed by atoms with Crippen molar-refractivity contribution in [3.05, 3.63) is 94.0 Å². The molecule has 0 saturated heterocycles. The minimum atomic E-state index is -2.28. The Balaban J connectivity index is 1.65. The predicted molar refractivity (Wildman–Crippen MR) is 136 cm³/mol. The molecule has 1 unspecified atom stereocenters. The van der Waals surface area contributed by atoms with Crippen LogP contribution in [0.5, 0.6) is 0 Å². The maximum Gasteiger partial charge on any atom is 0.335 e. The summed E-state index contributed by atoms with van der Waals surface area (Å²) in [5.74, 6) is -0.937. The zero-order valence-electron chi connectivity index (χ0n) is 17.8. The molecule has 1 heterocycles. The molecule has 8 heteroatoms. The summed E-state index contributed by atoms with van der Waals surface area (Å²) in [7, 11) is 0. The first-order chi connectivity index (χ1) is 15.9. The standard InChI is InChI=1S/C25H22ClNO4S2/c1-16-21-15-19(26)13-14-23(21)32-24(16)27(33(30)31)22-12-5-3-8-18(22)10-6-9-17-7-2-4-11-20(17)25(28)29/h2-5,7-8,11-15H,6,9-10H2,1H3,(H,28,29)(H,30,31). The smallest absolute Gasteiger partial charge is 0.335 e. The van der Waals surface area contributed by atoms with Crippen LogP contribution in [0.2, 0.25) is 5.02 Å². The van der Waals surface area contributed by atoms with Crippen LogP contribution in [-0.2, 0) is 24.1 Å². The Morgan fingerprint density at radius 2 is 1.70 bits per heavy atom. The average Bonchev–Trinajstić information content (AvgIpc) is 3.10. The monoisotopic (exact) mass is 499 g/mol. The van der Waals surface area contributed by atoms with Crippen molar-refractivity contribution in [2.75, 3.05) is 4.31 Å². The number of anilines is 2. The summed E-state index contributed by atoms with van der Waals surface area (Å²) < 4.78 is 25.2. The number of carbonyl (C=O) groups is 1. The third kappa shape index (κ3) is 4.96. The molecule has 0 saturated carbocycles. The Labute approximate surface area is 203 Å².